The second kappa shape index (κ2) is 5.46. The van der Waals surface area contributed by atoms with Crippen LogP contribution in [0.15, 0.2) is 11.2 Å². The first kappa shape index (κ1) is 15.5. The van der Waals surface area contributed by atoms with E-state index in [1.165, 1.54) is 0 Å². The third-order valence-electron chi connectivity index (χ3n) is 3.96. The van der Waals surface area contributed by atoms with Gasteiger partial charge in [-0.15, -0.1) is 0 Å². The highest BCUT2D eigenvalue weighted by atomic mass is 32.2. The number of imidazole rings is 1. The molecule has 20 heavy (non-hydrogen) atoms. The van der Waals surface area contributed by atoms with Crippen LogP contribution in [0.5, 0.6) is 0 Å². The van der Waals surface area contributed by atoms with Gasteiger partial charge >= 0.3 is 0 Å². The third kappa shape index (κ3) is 3.05. The molecule has 0 radical (unpaired) electrons. The van der Waals surface area contributed by atoms with Gasteiger partial charge in [-0.1, -0.05) is 6.92 Å². The summed E-state index contributed by atoms with van der Waals surface area (Å²) < 4.78 is 29.6. The lowest BCUT2D eigenvalue weighted by Crippen LogP contribution is -2.53. The summed E-state index contributed by atoms with van der Waals surface area (Å²) in [6, 6.07) is 0. The minimum absolute atomic E-state index is 0.0868. The van der Waals surface area contributed by atoms with E-state index in [2.05, 4.69) is 9.71 Å². The highest BCUT2D eigenvalue weighted by Gasteiger charge is 2.43. The molecule has 0 amide bonds. The van der Waals surface area contributed by atoms with Gasteiger partial charge in [0.05, 0.1) is 0 Å². The SMILES string of the molecule is CCCn1cc(S(=O)(=O)NC(C)(CN)C2CC2)nc1C. The Morgan fingerprint density at radius 3 is 2.70 bits per heavy atom. The van der Waals surface area contributed by atoms with Crippen LogP contribution in [-0.2, 0) is 16.6 Å². The fourth-order valence-electron chi connectivity index (χ4n) is 2.45. The Bertz CT molecular complexity index is 577. The Hall–Kier alpha value is -0.920. The van der Waals surface area contributed by atoms with E-state index in [4.69, 9.17) is 5.73 Å². The zero-order valence-corrected chi connectivity index (χ0v) is 13.2. The minimum Gasteiger partial charge on any atom is -0.334 e. The number of nitrogens with zero attached hydrogens (tertiary/aromatic N) is 2. The summed E-state index contributed by atoms with van der Waals surface area (Å²) in [4.78, 5) is 4.17. The zero-order valence-electron chi connectivity index (χ0n) is 12.4. The van der Waals surface area contributed by atoms with Crippen molar-refractivity contribution < 1.29 is 8.42 Å². The van der Waals surface area contributed by atoms with Crippen molar-refractivity contribution in [1.29, 1.82) is 0 Å². The van der Waals surface area contributed by atoms with Gasteiger partial charge in [-0.3, -0.25) is 0 Å². The van der Waals surface area contributed by atoms with E-state index in [0.717, 1.165) is 25.8 Å². The molecule has 0 spiro atoms. The summed E-state index contributed by atoms with van der Waals surface area (Å²) in [5.74, 6) is 1.05. The number of rotatable bonds is 7. The van der Waals surface area contributed by atoms with Gasteiger partial charge in [0.15, 0.2) is 5.03 Å². The molecule has 0 aliphatic heterocycles. The monoisotopic (exact) mass is 300 g/mol. The number of hydrogen-bond acceptors (Lipinski definition) is 4. The van der Waals surface area contributed by atoms with Gasteiger partial charge in [0, 0.05) is 24.8 Å². The van der Waals surface area contributed by atoms with Gasteiger partial charge in [0.2, 0.25) is 0 Å². The van der Waals surface area contributed by atoms with Crippen LogP contribution in [0.3, 0.4) is 0 Å². The number of nitrogens with one attached hydrogen (secondary N) is 1. The lowest BCUT2D eigenvalue weighted by atomic mass is 9.98. The molecule has 1 aromatic heterocycles. The van der Waals surface area contributed by atoms with E-state index in [-0.39, 0.29) is 5.03 Å². The van der Waals surface area contributed by atoms with Crippen LogP contribution in [0.1, 0.15) is 38.9 Å². The largest absolute Gasteiger partial charge is 0.334 e. The minimum atomic E-state index is -3.62. The number of hydrogen-bond donors (Lipinski definition) is 2. The highest BCUT2D eigenvalue weighted by molar-refractivity contribution is 7.89. The third-order valence-corrected chi connectivity index (χ3v) is 5.45. The van der Waals surface area contributed by atoms with Crippen molar-refractivity contribution >= 4 is 10.0 Å². The summed E-state index contributed by atoms with van der Waals surface area (Å²) in [6.45, 7) is 6.80. The van der Waals surface area contributed by atoms with Crippen LogP contribution >= 0.6 is 0 Å². The molecule has 1 unspecified atom stereocenters. The summed E-state index contributed by atoms with van der Waals surface area (Å²) in [7, 11) is -3.62. The molecule has 1 fully saturated rings. The molecule has 1 saturated carbocycles. The van der Waals surface area contributed by atoms with E-state index < -0.39 is 15.6 Å². The molecule has 0 saturated heterocycles. The number of aryl methyl sites for hydroxylation is 2. The Balaban J connectivity index is 2.23. The second-order valence-corrected chi connectivity index (χ2v) is 7.45. The van der Waals surface area contributed by atoms with E-state index >= 15 is 0 Å². The lowest BCUT2D eigenvalue weighted by molar-refractivity contribution is 0.373. The molecule has 0 bridgehead atoms. The molecule has 1 atom stereocenters. The van der Waals surface area contributed by atoms with Gasteiger partial charge in [-0.05, 0) is 39.0 Å². The van der Waals surface area contributed by atoms with Crippen LogP contribution in [0, 0.1) is 12.8 Å². The summed E-state index contributed by atoms with van der Waals surface area (Å²) in [5, 5.41) is 0.0868. The van der Waals surface area contributed by atoms with Crippen LogP contribution < -0.4 is 10.5 Å². The molecule has 1 heterocycles. The fraction of sp³-hybridized carbons (Fsp3) is 0.769. The van der Waals surface area contributed by atoms with Gasteiger partial charge in [0.25, 0.3) is 10.0 Å². The molecular weight excluding hydrogens is 276 g/mol. The second-order valence-electron chi connectivity index (χ2n) is 5.82. The van der Waals surface area contributed by atoms with Crippen LogP contribution in [0.2, 0.25) is 0 Å². The molecule has 7 heteroatoms. The van der Waals surface area contributed by atoms with Crippen molar-refractivity contribution in [3.8, 4) is 0 Å². The van der Waals surface area contributed by atoms with E-state index in [0.29, 0.717) is 18.3 Å². The van der Waals surface area contributed by atoms with Gasteiger partial charge in [-0.25, -0.2) is 18.1 Å². The molecule has 0 aromatic carbocycles. The zero-order chi connectivity index (χ0) is 15.0. The first-order valence-electron chi connectivity index (χ1n) is 7.10. The Morgan fingerprint density at radius 2 is 2.20 bits per heavy atom. The number of sulfonamides is 1. The van der Waals surface area contributed by atoms with E-state index in [1.807, 2.05) is 25.3 Å². The van der Waals surface area contributed by atoms with Crippen molar-refractivity contribution in [3.05, 3.63) is 12.0 Å². The Kier molecular flexibility index (Phi) is 4.22. The highest BCUT2D eigenvalue weighted by Crippen LogP contribution is 2.39. The maximum absolute atomic E-state index is 12.5. The van der Waals surface area contributed by atoms with E-state index in [1.54, 1.807) is 6.20 Å². The van der Waals surface area contributed by atoms with Gasteiger partial charge in [-0.2, -0.15) is 0 Å². The molecule has 3 N–H and O–H groups in total. The molecule has 1 aromatic rings. The van der Waals surface area contributed by atoms with Crippen molar-refractivity contribution in [2.75, 3.05) is 6.54 Å². The van der Waals surface area contributed by atoms with Crippen molar-refractivity contribution in [2.45, 2.75) is 57.1 Å². The smallest absolute Gasteiger partial charge is 0.260 e. The molecule has 2 rings (SSSR count). The Labute approximate surface area is 120 Å². The summed E-state index contributed by atoms with van der Waals surface area (Å²) in [6.07, 6.45) is 4.59. The molecule has 1 aliphatic rings. The maximum Gasteiger partial charge on any atom is 0.260 e. The van der Waals surface area contributed by atoms with Crippen molar-refractivity contribution in [1.82, 2.24) is 14.3 Å². The van der Waals surface area contributed by atoms with Gasteiger partial charge < -0.3 is 10.3 Å². The van der Waals surface area contributed by atoms with Crippen LogP contribution in [-0.4, -0.2) is 30.1 Å². The number of aromatic nitrogens is 2. The molecule has 1 aliphatic carbocycles. The van der Waals surface area contributed by atoms with E-state index in [9.17, 15) is 8.42 Å². The van der Waals surface area contributed by atoms with Crippen LogP contribution in [0.25, 0.3) is 0 Å². The van der Waals surface area contributed by atoms with Gasteiger partial charge in [0.1, 0.15) is 5.82 Å². The first-order valence-corrected chi connectivity index (χ1v) is 8.58. The average molecular weight is 300 g/mol. The van der Waals surface area contributed by atoms with Crippen molar-refractivity contribution in [3.63, 3.8) is 0 Å². The molecule has 6 nitrogen and oxygen atoms in total. The summed E-state index contributed by atoms with van der Waals surface area (Å²) >= 11 is 0. The lowest BCUT2D eigenvalue weighted by Gasteiger charge is -2.28. The average Bonchev–Trinajstić information content (AvgIpc) is 3.16. The molecular formula is C13H24N4O2S. The first-order chi connectivity index (χ1) is 9.32. The Morgan fingerprint density at radius 1 is 1.55 bits per heavy atom. The summed E-state index contributed by atoms with van der Waals surface area (Å²) in [5.41, 5.74) is 5.20. The van der Waals surface area contributed by atoms with Crippen LogP contribution in [0.4, 0.5) is 0 Å². The normalized spacial score (nSPS) is 19.0. The topological polar surface area (TPSA) is 90.0 Å². The predicted molar refractivity (Wildman–Crippen MR) is 77.8 cm³/mol. The van der Waals surface area contributed by atoms with Crippen molar-refractivity contribution in [2.24, 2.45) is 11.7 Å². The predicted octanol–water partition coefficient (Wildman–Crippen LogP) is 1.01. The standard InChI is InChI=1S/C13H24N4O2S/c1-4-7-17-8-12(15-10(17)2)20(18,19)16-13(3,9-14)11-5-6-11/h8,11,16H,4-7,9,14H2,1-3H3. The molecule has 114 valence electrons. The number of nitrogens with two attached hydrogens (primary N) is 1. The fourth-order valence-corrected chi connectivity index (χ4v) is 3.93. The maximum atomic E-state index is 12.5. The quantitative estimate of drug-likeness (QED) is 0.786.